The van der Waals surface area contributed by atoms with Crippen molar-refractivity contribution in [2.75, 3.05) is 6.54 Å². The van der Waals surface area contributed by atoms with E-state index in [0.717, 1.165) is 19.4 Å². The molecule has 112 valence electrons. The van der Waals surface area contributed by atoms with Crippen LogP contribution in [0.1, 0.15) is 47.2 Å². The summed E-state index contributed by atoms with van der Waals surface area (Å²) in [6.45, 7) is 9.76. The van der Waals surface area contributed by atoms with Gasteiger partial charge in [0, 0.05) is 6.04 Å². The summed E-state index contributed by atoms with van der Waals surface area (Å²) in [6, 6.07) is 16.0. The highest BCUT2D eigenvalue weighted by Crippen LogP contribution is 2.24. The van der Waals surface area contributed by atoms with Gasteiger partial charge < -0.3 is 5.32 Å². The molecule has 2 rings (SSSR count). The topological polar surface area (TPSA) is 12.0 Å². The molecule has 1 heteroatoms. The molecule has 21 heavy (non-hydrogen) atoms. The Kier molecular flexibility index (Phi) is 5.58. The number of benzene rings is 2. The molecule has 0 bridgehead atoms. The Morgan fingerprint density at radius 1 is 0.952 bits per heavy atom. The van der Waals surface area contributed by atoms with Crippen LogP contribution in [0.3, 0.4) is 0 Å². The molecule has 0 radical (unpaired) electrons. The van der Waals surface area contributed by atoms with Crippen molar-refractivity contribution < 1.29 is 0 Å². The van der Waals surface area contributed by atoms with E-state index in [1.807, 2.05) is 0 Å². The van der Waals surface area contributed by atoms with Gasteiger partial charge in [-0.1, -0.05) is 55.0 Å². The molecule has 0 heterocycles. The highest BCUT2D eigenvalue weighted by molar-refractivity contribution is 5.35. The largest absolute Gasteiger partial charge is 0.310 e. The Morgan fingerprint density at radius 3 is 2.33 bits per heavy atom. The monoisotopic (exact) mass is 281 g/mol. The molecule has 1 atom stereocenters. The third kappa shape index (κ3) is 4.18. The summed E-state index contributed by atoms with van der Waals surface area (Å²) in [7, 11) is 0. The number of nitrogens with one attached hydrogen (secondary N) is 1. The molecule has 0 spiro atoms. The van der Waals surface area contributed by atoms with Crippen molar-refractivity contribution in [1.29, 1.82) is 0 Å². The van der Waals surface area contributed by atoms with Crippen LogP contribution in [0, 0.1) is 20.8 Å². The fourth-order valence-electron chi connectivity index (χ4n) is 2.83. The van der Waals surface area contributed by atoms with Gasteiger partial charge in [0.05, 0.1) is 0 Å². The fraction of sp³-hybridized carbons (Fsp3) is 0.400. The number of aryl methyl sites for hydroxylation is 3. The van der Waals surface area contributed by atoms with E-state index in [2.05, 4.69) is 75.5 Å². The molecule has 2 aromatic rings. The number of rotatable bonds is 6. The van der Waals surface area contributed by atoms with Crippen molar-refractivity contribution >= 4 is 0 Å². The van der Waals surface area contributed by atoms with Crippen LogP contribution in [0.2, 0.25) is 0 Å². The first-order chi connectivity index (χ1) is 10.1. The molecule has 0 saturated heterocycles. The smallest absolute Gasteiger partial charge is 0.0326 e. The van der Waals surface area contributed by atoms with Crippen LogP contribution in [-0.4, -0.2) is 6.54 Å². The lowest BCUT2D eigenvalue weighted by atomic mass is 9.93. The van der Waals surface area contributed by atoms with Crippen LogP contribution < -0.4 is 5.32 Å². The summed E-state index contributed by atoms with van der Waals surface area (Å²) >= 11 is 0. The lowest BCUT2D eigenvalue weighted by molar-refractivity contribution is 0.513. The molecule has 1 N–H and O–H groups in total. The lowest BCUT2D eigenvalue weighted by Gasteiger charge is -2.21. The zero-order chi connectivity index (χ0) is 15.2. The van der Waals surface area contributed by atoms with E-state index in [-0.39, 0.29) is 0 Å². The molecule has 1 unspecified atom stereocenters. The average molecular weight is 281 g/mol. The van der Waals surface area contributed by atoms with Gasteiger partial charge in [0.2, 0.25) is 0 Å². The van der Waals surface area contributed by atoms with Crippen molar-refractivity contribution in [3.63, 3.8) is 0 Å². The molecular weight excluding hydrogens is 254 g/mol. The minimum absolute atomic E-state index is 0.441. The summed E-state index contributed by atoms with van der Waals surface area (Å²) in [5.74, 6) is 0. The molecule has 0 aliphatic carbocycles. The van der Waals surface area contributed by atoms with Crippen LogP contribution in [0.5, 0.6) is 0 Å². The second kappa shape index (κ2) is 7.42. The van der Waals surface area contributed by atoms with Gasteiger partial charge in [-0.15, -0.1) is 0 Å². The first-order valence-electron chi connectivity index (χ1n) is 7.97. The molecule has 0 aromatic heterocycles. The van der Waals surface area contributed by atoms with Gasteiger partial charge in [-0.05, 0) is 62.4 Å². The average Bonchev–Trinajstić information content (AvgIpc) is 2.48. The standard InChI is InChI=1S/C20H27N/c1-5-21-20(19-8-6-7-16(3)17(19)4)14-13-18-11-9-15(2)10-12-18/h6-12,20-21H,5,13-14H2,1-4H3. The van der Waals surface area contributed by atoms with Crippen molar-refractivity contribution in [2.45, 2.75) is 46.6 Å². The van der Waals surface area contributed by atoms with Gasteiger partial charge in [0.15, 0.2) is 0 Å². The van der Waals surface area contributed by atoms with Crippen molar-refractivity contribution in [3.05, 3.63) is 70.3 Å². The SMILES string of the molecule is CCNC(CCc1ccc(C)cc1)c1cccc(C)c1C. The summed E-state index contributed by atoms with van der Waals surface area (Å²) in [6.07, 6.45) is 2.26. The Hall–Kier alpha value is -1.60. The predicted octanol–water partition coefficient (Wildman–Crippen LogP) is 4.90. The van der Waals surface area contributed by atoms with Crippen LogP contribution in [0.4, 0.5) is 0 Å². The van der Waals surface area contributed by atoms with E-state index in [1.54, 1.807) is 0 Å². The van der Waals surface area contributed by atoms with Gasteiger partial charge in [-0.25, -0.2) is 0 Å². The first-order valence-corrected chi connectivity index (χ1v) is 7.97. The third-order valence-electron chi connectivity index (χ3n) is 4.31. The van der Waals surface area contributed by atoms with Crippen LogP contribution >= 0.6 is 0 Å². The maximum absolute atomic E-state index is 3.65. The Balaban J connectivity index is 2.12. The minimum Gasteiger partial charge on any atom is -0.310 e. The molecule has 0 fully saturated rings. The highest BCUT2D eigenvalue weighted by Gasteiger charge is 2.13. The zero-order valence-corrected chi connectivity index (χ0v) is 13.7. The Bertz CT molecular complexity index is 569. The predicted molar refractivity (Wildman–Crippen MR) is 91.8 cm³/mol. The first kappa shape index (κ1) is 15.8. The number of hydrogen-bond donors (Lipinski definition) is 1. The molecule has 0 saturated carbocycles. The van der Waals surface area contributed by atoms with E-state index >= 15 is 0 Å². The molecule has 0 aliphatic rings. The number of hydrogen-bond acceptors (Lipinski definition) is 1. The molecular formula is C20H27N. The quantitative estimate of drug-likeness (QED) is 0.794. The van der Waals surface area contributed by atoms with E-state index in [9.17, 15) is 0 Å². The fourth-order valence-corrected chi connectivity index (χ4v) is 2.83. The second-order valence-electron chi connectivity index (χ2n) is 5.92. The third-order valence-corrected chi connectivity index (χ3v) is 4.31. The van der Waals surface area contributed by atoms with Crippen molar-refractivity contribution in [2.24, 2.45) is 0 Å². The Labute approximate surface area is 129 Å². The minimum atomic E-state index is 0.441. The van der Waals surface area contributed by atoms with Gasteiger partial charge in [-0.2, -0.15) is 0 Å². The van der Waals surface area contributed by atoms with Gasteiger partial charge in [-0.3, -0.25) is 0 Å². The van der Waals surface area contributed by atoms with Gasteiger partial charge in [0.1, 0.15) is 0 Å². The van der Waals surface area contributed by atoms with E-state index in [1.165, 1.54) is 27.8 Å². The molecule has 0 aliphatic heterocycles. The van der Waals surface area contributed by atoms with Crippen molar-refractivity contribution in [3.8, 4) is 0 Å². The summed E-state index contributed by atoms with van der Waals surface area (Å²) in [4.78, 5) is 0. The zero-order valence-electron chi connectivity index (χ0n) is 13.7. The maximum Gasteiger partial charge on any atom is 0.0326 e. The van der Waals surface area contributed by atoms with E-state index in [4.69, 9.17) is 0 Å². The van der Waals surface area contributed by atoms with Crippen molar-refractivity contribution in [1.82, 2.24) is 5.32 Å². The molecule has 1 nitrogen and oxygen atoms in total. The lowest BCUT2D eigenvalue weighted by Crippen LogP contribution is -2.22. The van der Waals surface area contributed by atoms with E-state index < -0.39 is 0 Å². The van der Waals surface area contributed by atoms with Gasteiger partial charge >= 0.3 is 0 Å². The summed E-state index contributed by atoms with van der Waals surface area (Å²) in [5, 5.41) is 3.65. The molecule has 0 amide bonds. The van der Waals surface area contributed by atoms with Gasteiger partial charge in [0.25, 0.3) is 0 Å². The maximum atomic E-state index is 3.65. The van der Waals surface area contributed by atoms with Crippen LogP contribution in [0.15, 0.2) is 42.5 Å². The van der Waals surface area contributed by atoms with Crippen LogP contribution in [-0.2, 0) is 6.42 Å². The summed E-state index contributed by atoms with van der Waals surface area (Å²) in [5.41, 5.74) is 7.01. The second-order valence-corrected chi connectivity index (χ2v) is 5.92. The highest BCUT2D eigenvalue weighted by atomic mass is 14.9. The van der Waals surface area contributed by atoms with Crippen LogP contribution in [0.25, 0.3) is 0 Å². The Morgan fingerprint density at radius 2 is 1.67 bits per heavy atom. The normalized spacial score (nSPS) is 12.4. The van der Waals surface area contributed by atoms with E-state index in [0.29, 0.717) is 6.04 Å². The molecule has 2 aromatic carbocycles. The summed E-state index contributed by atoms with van der Waals surface area (Å²) < 4.78 is 0.